The van der Waals surface area contributed by atoms with Crippen molar-refractivity contribution in [2.75, 3.05) is 13.7 Å². The fourth-order valence-electron chi connectivity index (χ4n) is 1.30. The van der Waals surface area contributed by atoms with Gasteiger partial charge in [0.1, 0.15) is 11.5 Å². The number of hydrogen-bond acceptors (Lipinski definition) is 3. The van der Waals surface area contributed by atoms with Crippen molar-refractivity contribution in [3.05, 3.63) is 24.3 Å². The molecule has 4 heteroatoms. The van der Waals surface area contributed by atoms with Crippen LogP contribution in [0, 0.1) is 0 Å². The van der Waals surface area contributed by atoms with Crippen molar-refractivity contribution in [3.8, 4) is 11.5 Å². The van der Waals surface area contributed by atoms with Gasteiger partial charge in [-0.15, -0.1) is 0 Å². The highest BCUT2D eigenvalue weighted by atomic mass is 16.5. The third kappa shape index (κ3) is 4.34. The van der Waals surface area contributed by atoms with E-state index in [1.807, 2.05) is 6.92 Å². The molecule has 1 amide bonds. The molecule has 1 N–H and O–H groups in total. The first-order valence-electron chi connectivity index (χ1n) is 5.75. The molecule has 1 unspecified atom stereocenters. The Bertz CT molecular complexity index is 348. The van der Waals surface area contributed by atoms with E-state index in [0.717, 1.165) is 12.2 Å². The fourth-order valence-corrected chi connectivity index (χ4v) is 1.30. The third-order valence-electron chi connectivity index (χ3n) is 2.29. The van der Waals surface area contributed by atoms with Gasteiger partial charge in [-0.25, -0.2) is 0 Å². The lowest BCUT2D eigenvalue weighted by Gasteiger charge is -2.14. The lowest BCUT2D eigenvalue weighted by Crippen LogP contribution is -2.36. The van der Waals surface area contributed by atoms with Crippen molar-refractivity contribution in [2.45, 2.75) is 26.4 Å². The van der Waals surface area contributed by atoms with Crippen molar-refractivity contribution in [1.29, 1.82) is 0 Å². The molecule has 0 radical (unpaired) electrons. The summed E-state index contributed by atoms with van der Waals surface area (Å²) in [7, 11) is 1.61. The zero-order chi connectivity index (χ0) is 12.7. The Hall–Kier alpha value is -1.71. The van der Waals surface area contributed by atoms with Crippen LogP contribution in [0.2, 0.25) is 0 Å². The highest BCUT2D eigenvalue weighted by molar-refractivity contribution is 5.80. The van der Waals surface area contributed by atoms with Crippen molar-refractivity contribution < 1.29 is 14.3 Å². The minimum Gasteiger partial charge on any atom is -0.497 e. The summed E-state index contributed by atoms with van der Waals surface area (Å²) in [4.78, 5) is 11.6. The first-order chi connectivity index (χ1) is 8.17. The van der Waals surface area contributed by atoms with E-state index >= 15 is 0 Å². The topological polar surface area (TPSA) is 47.6 Å². The van der Waals surface area contributed by atoms with Crippen molar-refractivity contribution in [2.24, 2.45) is 0 Å². The Morgan fingerprint density at radius 1 is 1.29 bits per heavy atom. The second-order valence-electron chi connectivity index (χ2n) is 3.73. The van der Waals surface area contributed by atoms with E-state index in [2.05, 4.69) is 5.32 Å². The van der Waals surface area contributed by atoms with Crippen molar-refractivity contribution in [1.82, 2.24) is 5.32 Å². The van der Waals surface area contributed by atoms with E-state index in [1.165, 1.54) is 0 Å². The van der Waals surface area contributed by atoms with Gasteiger partial charge in [0.05, 0.1) is 7.11 Å². The zero-order valence-electron chi connectivity index (χ0n) is 10.5. The molecular weight excluding hydrogens is 218 g/mol. The SMILES string of the molecule is CCCNC(=O)C(C)Oc1ccc(OC)cc1. The molecule has 0 saturated heterocycles. The summed E-state index contributed by atoms with van der Waals surface area (Å²) in [5.41, 5.74) is 0. The number of hydrogen-bond donors (Lipinski definition) is 1. The van der Waals surface area contributed by atoms with Gasteiger partial charge < -0.3 is 14.8 Å². The molecule has 1 aromatic carbocycles. The molecule has 0 spiro atoms. The van der Waals surface area contributed by atoms with Crippen LogP contribution in [0.4, 0.5) is 0 Å². The molecule has 94 valence electrons. The van der Waals surface area contributed by atoms with E-state index < -0.39 is 6.10 Å². The second kappa shape index (κ2) is 6.78. The van der Waals surface area contributed by atoms with Gasteiger partial charge in [-0.3, -0.25) is 4.79 Å². The molecule has 0 saturated carbocycles. The number of amides is 1. The van der Waals surface area contributed by atoms with E-state index in [4.69, 9.17) is 9.47 Å². The number of carbonyl (C=O) groups is 1. The minimum absolute atomic E-state index is 0.0948. The molecule has 17 heavy (non-hydrogen) atoms. The van der Waals surface area contributed by atoms with E-state index in [1.54, 1.807) is 38.3 Å². The second-order valence-corrected chi connectivity index (χ2v) is 3.73. The minimum atomic E-state index is -0.491. The number of rotatable bonds is 6. The summed E-state index contributed by atoms with van der Waals surface area (Å²) in [6, 6.07) is 7.16. The van der Waals surface area contributed by atoms with Crippen molar-refractivity contribution in [3.63, 3.8) is 0 Å². The molecule has 0 aromatic heterocycles. The maximum atomic E-state index is 11.6. The van der Waals surface area contributed by atoms with Crippen LogP contribution in [0.5, 0.6) is 11.5 Å². The predicted octanol–water partition coefficient (Wildman–Crippen LogP) is 1.99. The Labute approximate surface area is 102 Å². The summed E-state index contributed by atoms with van der Waals surface area (Å²) < 4.78 is 10.5. The van der Waals surface area contributed by atoms with Crippen LogP contribution >= 0.6 is 0 Å². The van der Waals surface area contributed by atoms with Crippen LogP contribution in [0.15, 0.2) is 24.3 Å². The van der Waals surface area contributed by atoms with E-state index in [-0.39, 0.29) is 5.91 Å². The number of ether oxygens (including phenoxy) is 2. The lowest BCUT2D eigenvalue weighted by atomic mass is 10.3. The number of benzene rings is 1. The van der Waals surface area contributed by atoms with Crippen LogP contribution in [-0.2, 0) is 4.79 Å². The Morgan fingerprint density at radius 2 is 1.88 bits per heavy atom. The normalized spacial score (nSPS) is 11.7. The smallest absolute Gasteiger partial charge is 0.260 e. The van der Waals surface area contributed by atoms with Gasteiger partial charge in [-0.2, -0.15) is 0 Å². The molecule has 0 bridgehead atoms. The van der Waals surface area contributed by atoms with Gasteiger partial charge in [-0.05, 0) is 37.6 Å². The highest BCUT2D eigenvalue weighted by Crippen LogP contribution is 2.18. The fraction of sp³-hybridized carbons (Fsp3) is 0.462. The number of carbonyl (C=O) groups excluding carboxylic acids is 1. The first kappa shape index (κ1) is 13.4. The lowest BCUT2D eigenvalue weighted by molar-refractivity contribution is -0.127. The Balaban J connectivity index is 2.49. The van der Waals surface area contributed by atoms with Gasteiger partial charge in [-0.1, -0.05) is 6.92 Å². The van der Waals surface area contributed by atoms with Gasteiger partial charge >= 0.3 is 0 Å². The molecule has 0 heterocycles. The molecule has 0 fully saturated rings. The van der Waals surface area contributed by atoms with Gasteiger partial charge in [0.25, 0.3) is 5.91 Å². The van der Waals surface area contributed by atoms with Crippen LogP contribution in [0.3, 0.4) is 0 Å². The summed E-state index contributed by atoms with van der Waals surface area (Å²) >= 11 is 0. The van der Waals surface area contributed by atoms with Gasteiger partial charge in [0.15, 0.2) is 6.10 Å². The summed E-state index contributed by atoms with van der Waals surface area (Å²) in [5.74, 6) is 1.33. The van der Waals surface area contributed by atoms with Gasteiger partial charge in [0, 0.05) is 6.54 Å². The molecule has 1 atom stereocenters. The van der Waals surface area contributed by atoms with E-state index in [9.17, 15) is 4.79 Å². The molecule has 0 aliphatic rings. The molecule has 1 aromatic rings. The summed E-state index contributed by atoms with van der Waals surface area (Å²) in [5, 5.41) is 2.79. The number of methoxy groups -OCH3 is 1. The largest absolute Gasteiger partial charge is 0.497 e. The molecule has 4 nitrogen and oxygen atoms in total. The molecular formula is C13H19NO3. The number of nitrogens with one attached hydrogen (secondary N) is 1. The van der Waals surface area contributed by atoms with Crippen LogP contribution in [-0.4, -0.2) is 25.7 Å². The van der Waals surface area contributed by atoms with Crippen LogP contribution in [0.1, 0.15) is 20.3 Å². The molecule has 0 aliphatic heterocycles. The summed E-state index contributed by atoms with van der Waals surface area (Å²) in [6.07, 6.45) is 0.427. The molecule has 0 aliphatic carbocycles. The molecule has 1 rings (SSSR count). The predicted molar refractivity (Wildman–Crippen MR) is 66.4 cm³/mol. The standard InChI is InChI=1S/C13H19NO3/c1-4-9-14-13(15)10(2)17-12-7-5-11(16-3)6-8-12/h5-8,10H,4,9H2,1-3H3,(H,14,15). The van der Waals surface area contributed by atoms with Crippen molar-refractivity contribution >= 4 is 5.91 Å². The monoisotopic (exact) mass is 237 g/mol. The third-order valence-corrected chi connectivity index (χ3v) is 2.29. The maximum Gasteiger partial charge on any atom is 0.260 e. The highest BCUT2D eigenvalue weighted by Gasteiger charge is 2.13. The Morgan fingerprint density at radius 3 is 2.41 bits per heavy atom. The van der Waals surface area contributed by atoms with E-state index in [0.29, 0.717) is 12.3 Å². The quantitative estimate of drug-likeness (QED) is 0.823. The average molecular weight is 237 g/mol. The zero-order valence-corrected chi connectivity index (χ0v) is 10.5. The summed E-state index contributed by atoms with van der Waals surface area (Å²) in [6.45, 7) is 4.42. The first-order valence-corrected chi connectivity index (χ1v) is 5.75. The van der Waals surface area contributed by atoms with Crippen LogP contribution < -0.4 is 14.8 Å². The maximum absolute atomic E-state index is 11.6. The Kier molecular flexibility index (Phi) is 5.33. The van der Waals surface area contributed by atoms with Gasteiger partial charge in [0.2, 0.25) is 0 Å². The van der Waals surface area contributed by atoms with Crippen LogP contribution in [0.25, 0.3) is 0 Å². The average Bonchev–Trinajstić information content (AvgIpc) is 2.36.